The van der Waals surface area contributed by atoms with Gasteiger partial charge < -0.3 is 14.8 Å². The van der Waals surface area contributed by atoms with Gasteiger partial charge in [0.2, 0.25) is 11.8 Å². The summed E-state index contributed by atoms with van der Waals surface area (Å²) in [5, 5.41) is 5.87. The van der Waals surface area contributed by atoms with Gasteiger partial charge in [-0.25, -0.2) is 18.6 Å². The minimum atomic E-state index is -0.695. The molecule has 1 saturated carbocycles. The molecule has 4 aromatic heterocycles. The van der Waals surface area contributed by atoms with Crippen molar-refractivity contribution in [2.45, 2.75) is 96.4 Å². The molecule has 4 aliphatic heterocycles. The first-order chi connectivity index (χ1) is 35.6. The van der Waals surface area contributed by atoms with E-state index in [1.54, 1.807) is 23.9 Å². The van der Waals surface area contributed by atoms with Gasteiger partial charge in [0.15, 0.2) is 5.82 Å². The van der Waals surface area contributed by atoms with Crippen LogP contribution in [0.4, 0.5) is 14.5 Å². The molecule has 0 bridgehead atoms. The van der Waals surface area contributed by atoms with E-state index < -0.39 is 17.8 Å². The highest BCUT2D eigenvalue weighted by atomic mass is 19.1. The highest BCUT2D eigenvalue weighted by Crippen LogP contribution is 2.38. The zero-order valence-corrected chi connectivity index (χ0v) is 42.9. The molecule has 3 saturated heterocycles. The number of aromatic nitrogens is 5. The van der Waals surface area contributed by atoms with Crippen molar-refractivity contribution in [3.63, 3.8) is 0 Å². The second-order valence-corrected chi connectivity index (χ2v) is 21.3. The SMILES string of the molecule is CNc1cc(=O)n(-c2ccnc3c2cc([C@H](C)N2CC=C(c4c(C)cc(C(=O)N5CCC(CN6CCN(Cc7ccc8c(c7)n(C7CC7)c(=O)n8C7CCC(=O)NC7=O)C[C@@H]6C)CC5)cc4F)CC2)n3C)cc1F. The average molecular weight is 1010 g/mol. The Kier molecular flexibility index (Phi) is 13.3. The number of hydrogen-bond donors (Lipinski definition) is 2. The third-order valence-corrected chi connectivity index (χ3v) is 16.6. The highest BCUT2D eigenvalue weighted by molar-refractivity contribution is 6.00. The van der Waals surface area contributed by atoms with Gasteiger partial charge in [-0.2, -0.15) is 0 Å². The third-order valence-electron chi connectivity index (χ3n) is 16.6. The number of imide groups is 1. The Hall–Kier alpha value is -6.76. The molecule has 388 valence electrons. The number of aryl methyl sites for hydroxylation is 2. The number of nitrogens with zero attached hydrogens (tertiary/aromatic N) is 9. The molecule has 0 spiro atoms. The predicted octanol–water partition coefficient (Wildman–Crippen LogP) is 6.69. The van der Waals surface area contributed by atoms with E-state index in [2.05, 4.69) is 62.4 Å². The monoisotopic (exact) mass is 1010 g/mol. The number of benzene rings is 2. The Balaban J connectivity index is 0.681. The summed E-state index contributed by atoms with van der Waals surface area (Å²) in [7, 11) is 3.51. The summed E-state index contributed by atoms with van der Waals surface area (Å²) in [5.41, 5.74) is 7.13. The molecule has 3 atom stereocenters. The van der Waals surface area contributed by atoms with Crippen molar-refractivity contribution in [3.8, 4) is 5.69 Å². The number of carbonyl (C=O) groups is 3. The number of piperazine rings is 1. The largest absolute Gasteiger partial charge is 0.386 e. The maximum Gasteiger partial charge on any atom is 0.330 e. The number of piperidine rings is 2. The van der Waals surface area contributed by atoms with Gasteiger partial charge in [0.25, 0.3) is 11.5 Å². The zero-order valence-electron chi connectivity index (χ0n) is 42.9. The molecule has 16 nitrogen and oxygen atoms in total. The number of halogens is 2. The number of nitrogens with one attached hydrogen (secondary N) is 2. The topological polar surface area (TPSA) is 155 Å². The average Bonchev–Trinajstić information content (AvgIpc) is 4.11. The minimum absolute atomic E-state index is 0.0465. The van der Waals surface area contributed by atoms with Gasteiger partial charge in [0.05, 0.1) is 28.6 Å². The van der Waals surface area contributed by atoms with Crippen molar-refractivity contribution >= 4 is 51.0 Å². The van der Waals surface area contributed by atoms with Crippen molar-refractivity contribution in [3.05, 3.63) is 127 Å². The Labute approximate surface area is 428 Å². The Morgan fingerprint density at radius 1 is 0.892 bits per heavy atom. The molecule has 2 N–H and O–H groups in total. The van der Waals surface area contributed by atoms with Gasteiger partial charge in [0, 0.05) is 132 Å². The van der Waals surface area contributed by atoms with Crippen LogP contribution >= 0.6 is 0 Å². The second-order valence-electron chi connectivity index (χ2n) is 21.3. The van der Waals surface area contributed by atoms with Crippen molar-refractivity contribution in [1.82, 2.24) is 48.2 Å². The normalized spacial score (nSPS) is 21.1. The Morgan fingerprint density at radius 3 is 2.39 bits per heavy atom. The molecular formula is C56H65F2N11O5. The van der Waals surface area contributed by atoms with E-state index in [1.807, 2.05) is 46.2 Å². The van der Waals surface area contributed by atoms with Gasteiger partial charge in [0.1, 0.15) is 17.5 Å². The number of fused-ring (bicyclic) bond motifs is 2. The van der Waals surface area contributed by atoms with Gasteiger partial charge >= 0.3 is 5.69 Å². The Morgan fingerprint density at radius 2 is 1.69 bits per heavy atom. The molecule has 0 radical (unpaired) electrons. The maximum atomic E-state index is 16.2. The Bertz CT molecular complexity index is 3360. The van der Waals surface area contributed by atoms with Crippen molar-refractivity contribution in [1.29, 1.82) is 0 Å². The van der Waals surface area contributed by atoms with Gasteiger partial charge in [-0.05, 0) is 118 Å². The van der Waals surface area contributed by atoms with Gasteiger partial charge in [-0.1, -0.05) is 12.1 Å². The van der Waals surface area contributed by atoms with Crippen LogP contribution in [0, 0.1) is 24.5 Å². The van der Waals surface area contributed by atoms with Gasteiger partial charge in [-0.15, -0.1) is 0 Å². The number of anilines is 1. The van der Waals surface area contributed by atoms with Crippen LogP contribution in [0.25, 0.3) is 33.3 Å². The molecule has 18 heteroatoms. The lowest BCUT2D eigenvalue weighted by atomic mass is 9.92. The number of likely N-dealkylation sites (tertiary alicyclic amines) is 1. The van der Waals surface area contributed by atoms with Crippen LogP contribution in [0.3, 0.4) is 0 Å². The summed E-state index contributed by atoms with van der Waals surface area (Å²) < 4.78 is 37.8. The first-order valence-electron chi connectivity index (χ1n) is 26.3. The summed E-state index contributed by atoms with van der Waals surface area (Å²) in [5.74, 6) is -1.30. The van der Waals surface area contributed by atoms with E-state index in [0.717, 1.165) is 97.2 Å². The third kappa shape index (κ3) is 9.18. The molecule has 74 heavy (non-hydrogen) atoms. The summed E-state index contributed by atoms with van der Waals surface area (Å²) >= 11 is 0. The van der Waals surface area contributed by atoms with E-state index in [9.17, 15) is 28.4 Å². The first kappa shape index (κ1) is 49.5. The second kappa shape index (κ2) is 19.8. The maximum absolute atomic E-state index is 16.2. The van der Waals surface area contributed by atoms with E-state index >= 15 is 4.39 Å². The van der Waals surface area contributed by atoms with Crippen LogP contribution in [-0.4, -0.2) is 126 Å². The summed E-state index contributed by atoms with van der Waals surface area (Å²) in [6.45, 7) is 13.3. The number of rotatable bonds is 12. The lowest BCUT2D eigenvalue weighted by Crippen LogP contribution is -2.53. The minimum Gasteiger partial charge on any atom is -0.386 e. The summed E-state index contributed by atoms with van der Waals surface area (Å²) in [6, 6.07) is 14.1. The fourth-order valence-corrected chi connectivity index (χ4v) is 12.3. The molecule has 3 amide bonds. The number of hydrogen-bond acceptors (Lipinski definition) is 10. The molecule has 1 aliphatic carbocycles. The van der Waals surface area contributed by atoms with Crippen LogP contribution in [0.15, 0.2) is 76.6 Å². The zero-order chi connectivity index (χ0) is 51.7. The van der Waals surface area contributed by atoms with E-state index in [0.29, 0.717) is 73.4 Å². The smallest absolute Gasteiger partial charge is 0.330 e. The molecule has 2 aromatic carbocycles. The standard InChI is InChI=1S/C56H65F2N11O5/c1-33-24-39(26-42(57)52(33)38-15-20-64(21-16-38)35(3)48-27-41-45(12-17-60-53(41)62(48)5)67-32-43(58)44(59-4)28-51(67)71)55(73)65-18-13-36(14-19-65)31-66-23-22-63(29-34(66)2)30-37-6-9-46-49(25-37)68(40-7-8-40)56(74)69(46)47-10-11-50(70)61-54(47)72/h6,9,12,15,17,24-28,32,34-36,40,47,59H,7-8,10-11,13-14,16,18-23,29-31H2,1-5H3,(H,61,70,72)/t34-,35-,47?/m0/s1. The predicted molar refractivity (Wildman–Crippen MR) is 280 cm³/mol. The molecule has 4 fully saturated rings. The van der Waals surface area contributed by atoms with Crippen LogP contribution in [0.1, 0.15) is 110 Å². The molecule has 6 aromatic rings. The van der Waals surface area contributed by atoms with Crippen molar-refractivity contribution in [2.75, 3.05) is 64.7 Å². The van der Waals surface area contributed by atoms with Crippen molar-refractivity contribution in [2.24, 2.45) is 13.0 Å². The number of imidazole rings is 1. The van der Waals surface area contributed by atoms with E-state index in [1.165, 1.54) is 22.9 Å². The first-order valence-corrected chi connectivity index (χ1v) is 26.3. The summed E-state index contributed by atoms with van der Waals surface area (Å²) in [4.78, 5) is 79.2. The summed E-state index contributed by atoms with van der Waals surface area (Å²) in [6.07, 6.45) is 9.72. The van der Waals surface area contributed by atoms with Crippen LogP contribution in [0.2, 0.25) is 0 Å². The number of pyridine rings is 2. The molecule has 5 aliphatic rings. The van der Waals surface area contributed by atoms with E-state index in [-0.39, 0.29) is 53.1 Å². The molecular weight excluding hydrogens is 945 g/mol. The lowest BCUT2D eigenvalue weighted by molar-refractivity contribution is -0.135. The molecule has 11 rings (SSSR count). The van der Waals surface area contributed by atoms with Crippen molar-refractivity contribution < 1.29 is 23.2 Å². The van der Waals surface area contributed by atoms with Crippen LogP contribution in [-0.2, 0) is 23.2 Å². The fraction of sp³-hybridized carbons (Fsp3) is 0.464. The molecule has 1 unspecified atom stereocenters. The number of carbonyl (C=O) groups excluding carboxylic acids is 3. The van der Waals surface area contributed by atoms with Crippen LogP contribution < -0.4 is 21.9 Å². The highest BCUT2D eigenvalue weighted by Gasteiger charge is 2.36. The fourth-order valence-electron chi connectivity index (χ4n) is 12.3. The van der Waals surface area contributed by atoms with Gasteiger partial charge in [-0.3, -0.25) is 52.9 Å². The molecule has 8 heterocycles. The quantitative estimate of drug-likeness (QED) is 0.127. The van der Waals surface area contributed by atoms with Crippen LogP contribution in [0.5, 0.6) is 0 Å². The lowest BCUT2D eigenvalue weighted by Gasteiger charge is -2.42. The number of amides is 3. The van der Waals surface area contributed by atoms with E-state index in [4.69, 9.17) is 0 Å².